The molecule has 0 aliphatic heterocycles. The van der Waals surface area contributed by atoms with Crippen LogP contribution in [-0.4, -0.2) is 32.0 Å². The van der Waals surface area contributed by atoms with Gasteiger partial charge in [-0.3, -0.25) is 9.48 Å². The monoisotopic (exact) mass is 371 g/mol. The van der Waals surface area contributed by atoms with Crippen molar-refractivity contribution in [1.29, 1.82) is 0 Å². The third-order valence-corrected chi connectivity index (χ3v) is 4.54. The quantitative estimate of drug-likeness (QED) is 0.566. The first kappa shape index (κ1) is 17.7. The minimum Gasteiger partial charge on any atom is -0.350 e. The second kappa shape index (κ2) is 7.92. The lowest BCUT2D eigenvalue weighted by Gasteiger charge is -2.04. The van der Waals surface area contributed by atoms with Crippen molar-refractivity contribution in [2.75, 3.05) is 6.54 Å². The van der Waals surface area contributed by atoms with Crippen molar-refractivity contribution in [3.63, 3.8) is 0 Å². The topological polar surface area (TPSA) is 64.7 Å². The molecule has 4 aromatic rings. The number of amides is 1. The first-order valence-electron chi connectivity index (χ1n) is 9.17. The average Bonchev–Trinajstić information content (AvgIpc) is 3.36. The van der Waals surface area contributed by atoms with Crippen molar-refractivity contribution in [3.8, 4) is 16.9 Å². The molecule has 0 bridgehead atoms. The maximum Gasteiger partial charge on any atom is 0.269 e. The molecule has 28 heavy (non-hydrogen) atoms. The summed E-state index contributed by atoms with van der Waals surface area (Å²) in [7, 11) is 1.78. The van der Waals surface area contributed by atoms with Gasteiger partial charge in [-0.2, -0.15) is 10.2 Å². The van der Waals surface area contributed by atoms with E-state index < -0.39 is 0 Å². The summed E-state index contributed by atoms with van der Waals surface area (Å²) >= 11 is 0. The molecule has 0 radical (unpaired) electrons. The van der Waals surface area contributed by atoms with E-state index in [1.807, 2.05) is 83.8 Å². The number of carbonyl (C=O) groups is 1. The van der Waals surface area contributed by atoms with Crippen molar-refractivity contribution in [2.45, 2.75) is 6.42 Å². The highest BCUT2D eigenvalue weighted by Crippen LogP contribution is 2.18. The van der Waals surface area contributed by atoms with Crippen LogP contribution in [0.25, 0.3) is 16.9 Å². The van der Waals surface area contributed by atoms with Crippen LogP contribution in [0.4, 0.5) is 0 Å². The number of benzene rings is 2. The summed E-state index contributed by atoms with van der Waals surface area (Å²) in [5.41, 5.74) is 4.40. The molecule has 140 valence electrons. The Kier molecular flexibility index (Phi) is 5.01. The Morgan fingerprint density at radius 1 is 1.04 bits per heavy atom. The van der Waals surface area contributed by atoms with Crippen LogP contribution < -0.4 is 5.32 Å². The van der Waals surface area contributed by atoms with Gasteiger partial charge in [0.2, 0.25) is 0 Å². The highest BCUT2D eigenvalue weighted by molar-refractivity contribution is 5.93. The van der Waals surface area contributed by atoms with Crippen molar-refractivity contribution in [1.82, 2.24) is 24.9 Å². The summed E-state index contributed by atoms with van der Waals surface area (Å²) in [6.45, 7) is 0.533. The number of aryl methyl sites for hydroxylation is 1. The van der Waals surface area contributed by atoms with Crippen molar-refractivity contribution in [3.05, 3.63) is 90.4 Å². The van der Waals surface area contributed by atoms with Crippen LogP contribution in [0.1, 0.15) is 16.1 Å². The average molecular weight is 371 g/mol. The smallest absolute Gasteiger partial charge is 0.269 e. The van der Waals surface area contributed by atoms with Crippen molar-refractivity contribution >= 4 is 5.91 Å². The summed E-state index contributed by atoms with van der Waals surface area (Å²) < 4.78 is 3.45. The van der Waals surface area contributed by atoms with Crippen LogP contribution in [0.15, 0.2) is 79.1 Å². The SMILES string of the molecule is Cn1nc(-c2ccccc2)cc1C(=O)NCCc1cnn(-c2ccccc2)c1. The molecule has 0 saturated heterocycles. The van der Waals surface area contributed by atoms with Crippen molar-refractivity contribution < 1.29 is 4.79 Å². The van der Waals surface area contributed by atoms with E-state index in [1.54, 1.807) is 11.7 Å². The maximum atomic E-state index is 12.5. The van der Waals surface area contributed by atoms with E-state index in [0.29, 0.717) is 18.7 Å². The van der Waals surface area contributed by atoms with Gasteiger partial charge in [0.05, 0.1) is 17.6 Å². The summed E-state index contributed by atoms with van der Waals surface area (Å²) in [4.78, 5) is 12.5. The van der Waals surface area contributed by atoms with Gasteiger partial charge < -0.3 is 5.32 Å². The number of hydrogen-bond acceptors (Lipinski definition) is 3. The lowest BCUT2D eigenvalue weighted by molar-refractivity contribution is 0.0944. The van der Waals surface area contributed by atoms with E-state index in [0.717, 1.165) is 22.5 Å². The fraction of sp³-hybridized carbons (Fsp3) is 0.136. The maximum absolute atomic E-state index is 12.5. The molecule has 0 spiro atoms. The van der Waals surface area contributed by atoms with Gasteiger partial charge in [-0.15, -0.1) is 0 Å². The van der Waals surface area contributed by atoms with Gasteiger partial charge in [0.25, 0.3) is 5.91 Å². The molecule has 4 rings (SSSR count). The zero-order chi connectivity index (χ0) is 19.3. The highest BCUT2D eigenvalue weighted by Gasteiger charge is 2.14. The molecule has 2 heterocycles. The van der Waals surface area contributed by atoms with Gasteiger partial charge in [-0.05, 0) is 30.2 Å². The fourth-order valence-corrected chi connectivity index (χ4v) is 3.05. The van der Waals surface area contributed by atoms with E-state index in [2.05, 4.69) is 15.5 Å². The van der Waals surface area contributed by atoms with E-state index in [4.69, 9.17) is 0 Å². The van der Waals surface area contributed by atoms with E-state index in [9.17, 15) is 4.79 Å². The zero-order valence-electron chi connectivity index (χ0n) is 15.6. The third-order valence-electron chi connectivity index (χ3n) is 4.54. The first-order valence-corrected chi connectivity index (χ1v) is 9.17. The summed E-state index contributed by atoms with van der Waals surface area (Å²) in [6, 6.07) is 21.6. The van der Waals surface area contributed by atoms with Crippen molar-refractivity contribution in [2.24, 2.45) is 7.05 Å². The fourth-order valence-electron chi connectivity index (χ4n) is 3.05. The standard InChI is InChI=1S/C22H21N5O/c1-26-21(14-20(25-26)18-8-4-2-5-9-18)22(28)23-13-12-17-15-24-27(16-17)19-10-6-3-7-11-19/h2-11,14-16H,12-13H2,1H3,(H,23,28). The number of nitrogens with one attached hydrogen (secondary N) is 1. The van der Waals surface area contributed by atoms with Crippen LogP contribution in [0, 0.1) is 0 Å². The second-order valence-electron chi connectivity index (χ2n) is 6.54. The van der Waals surface area contributed by atoms with E-state index >= 15 is 0 Å². The largest absolute Gasteiger partial charge is 0.350 e. The molecule has 0 atom stereocenters. The number of nitrogens with zero attached hydrogens (tertiary/aromatic N) is 4. The molecule has 2 aromatic heterocycles. The summed E-state index contributed by atoms with van der Waals surface area (Å²) in [5, 5.41) is 11.8. The molecular weight excluding hydrogens is 350 g/mol. The van der Waals surface area contributed by atoms with Gasteiger partial charge in [0, 0.05) is 25.4 Å². The predicted octanol–water partition coefficient (Wildman–Crippen LogP) is 3.25. The highest BCUT2D eigenvalue weighted by atomic mass is 16.2. The zero-order valence-corrected chi connectivity index (χ0v) is 15.6. The van der Waals surface area contributed by atoms with Crippen LogP contribution in [0.3, 0.4) is 0 Å². The molecule has 2 aromatic carbocycles. The van der Waals surface area contributed by atoms with Gasteiger partial charge in [0.1, 0.15) is 5.69 Å². The Hall–Kier alpha value is -3.67. The van der Waals surface area contributed by atoms with Gasteiger partial charge >= 0.3 is 0 Å². The number of aromatic nitrogens is 4. The second-order valence-corrected chi connectivity index (χ2v) is 6.54. The molecule has 1 N–H and O–H groups in total. The van der Waals surface area contributed by atoms with Gasteiger partial charge in [-0.25, -0.2) is 4.68 Å². The number of rotatable bonds is 6. The molecule has 0 saturated carbocycles. The van der Waals surface area contributed by atoms with Crippen LogP contribution in [-0.2, 0) is 13.5 Å². The van der Waals surface area contributed by atoms with Gasteiger partial charge in [-0.1, -0.05) is 48.5 Å². The predicted molar refractivity (Wildman–Crippen MR) is 108 cm³/mol. The lowest BCUT2D eigenvalue weighted by atomic mass is 10.1. The Balaban J connectivity index is 1.36. The number of para-hydroxylation sites is 1. The molecule has 1 amide bonds. The molecule has 0 aliphatic rings. The Labute approximate surface area is 163 Å². The molecule has 0 aliphatic carbocycles. The number of hydrogen-bond donors (Lipinski definition) is 1. The normalized spacial score (nSPS) is 10.8. The minimum atomic E-state index is -0.132. The Morgan fingerprint density at radius 3 is 2.50 bits per heavy atom. The molecule has 0 unspecified atom stereocenters. The number of carbonyl (C=O) groups excluding carboxylic acids is 1. The first-order chi connectivity index (χ1) is 13.7. The van der Waals surface area contributed by atoms with E-state index in [1.165, 1.54) is 0 Å². The molecular formula is C22H21N5O. The van der Waals surface area contributed by atoms with Crippen LogP contribution >= 0.6 is 0 Å². The Bertz CT molecular complexity index is 1070. The van der Waals surface area contributed by atoms with Crippen LogP contribution in [0.5, 0.6) is 0 Å². The molecule has 0 fully saturated rings. The lowest BCUT2D eigenvalue weighted by Crippen LogP contribution is -2.27. The third kappa shape index (κ3) is 3.86. The summed E-state index contributed by atoms with van der Waals surface area (Å²) in [6.07, 6.45) is 4.53. The van der Waals surface area contributed by atoms with Gasteiger partial charge in [0.15, 0.2) is 0 Å². The summed E-state index contributed by atoms with van der Waals surface area (Å²) in [5.74, 6) is -0.132. The van der Waals surface area contributed by atoms with E-state index in [-0.39, 0.29) is 5.91 Å². The minimum absolute atomic E-state index is 0.132. The van der Waals surface area contributed by atoms with Crippen LogP contribution in [0.2, 0.25) is 0 Å². The molecule has 6 nitrogen and oxygen atoms in total. The molecule has 6 heteroatoms. The Morgan fingerprint density at radius 2 is 1.75 bits per heavy atom.